The SMILES string of the molecule is Cc1cn(-c2ccccc2Cl)nc1NC(=O)c1cc(=O)[nH]c2cc(F)ccc12. The van der Waals surface area contributed by atoms with Crippen molar-refractivity contribution in [1.82, 2.24) is 14.8 Å². The van der Waals surface area contributed by atoms with Crippen LogP contribution in [-0.2, 0) is 0 Å². The number of anilines is 1. The lowest BCUT2D eigenvalue weighted by molar-refractivity contribution is 0.102. The Morgan fingerprint density at radius 3 is 2.79 bits per heavy atom. The summed E-state index contributed by atoms with van der Waals surface area (Å²) in [5.74, 6) is -0.689. The van der Waals surface area contributed by atoms with E-state index >= 15 is 0 Å². The number of pyridine rings is 1. The van der Waals surface area contributed by atoms with E-state index in [4.69, 9.17) is 11.6 Å². The van der Waals surface area contributed by atoms with Crippen molar-refractivity contribution >= 4 is 34.2 Å². The van der Waals surface area contributed by atoms with E-state index in [-0.39, 0.29) is 11.1 Å². The Hall–Kier alpha value is -3.45. The molecule has 140 valence electrons. The first kappa shape index (κ1) is 17.9. The number of hydrogen-bond acceptors (Lipinski definition) is 3. The number of aromatic nitrogens is 3. The second-order valence-electron chi connectivity index (χ2n) is 6.25. The van der Waals surface area contributed by atoms with Crippen LogP contribution in [0.2, 0.25) is 5.02 Å². The Bertz CT molecular complexity index is 1280. The molecule has 28 heavy (non-hydrogen) atoms. The summed E-state index contributed by atoms with van der Waals surface area (Å²) in [6.45, 7) is 1.79. The molecule has 0 fully saturated rings. The molecular formula is C20H14ClFN4O2. The molecule has 6 nitrogen and oxygen atoms in total. The van der Waals surface area contributed by atoms with Crippen molar-refractivity contribution in [2.75, 3.05) is 5.32 Å². The van der Waals surface area contributed by atoms with Crippen LogP contribution in [0.25, 0.3) is 16.6 Å². The summed E-state index contributed by atoms with van der Waals surface area (Å²) in [7, 11) is 0. The minimum Gasteiger partial charge on any atom is -0.322 e. The zero-order chi connectivity index (χ0) is 19.8. The Morgan fingerprint density at radius 2 is 2.00 bits per heavy atom. The summed E-state index contributed by atoms with van der Waals surface area (Å²) in [6, 6.07) is 12.2. The Morgan fingerprint density at radius 1 is 1.21 bits per heavy atom. The van der Waals surface area contributed by atoms with Crippen LogP contribution >= 0.6 is 11.6 Å². The summed E-state index contributed by atoms with van der Waals surface area (Å²) < 4.78 is 15.0. The number of amides is 1. The van der Waals surface area contributed by atoms with Crippen LogP contribution in [0.4, 0.5) is 10.2 Å². The molecule has 0 aliphatic rings. The van der Waals surface area contributed by atoms with Gasteiger partial charge in [0.15, 0.2) is 5.82 Å². The van der Waals surface area contributed by atoms with Gasteiger partial charge in [-0.25, -0.2) is 9.07 Å². The van der Waals surface area contributed by atoms with Crippen LogP contribution in [0.5, 0.6) is 0 Å². The highest BCUT2D eigenvalue weighted by Crippen LogP contribution is 2.23. The number of H-pyrrole nitrogens is 1. The van der Waals surface area contributed by atoms with Crippen molar-refractivity contribution in [2.45, 2.75) is 6.92 Å². The number of fused-ring (bicyclic) bond motifs is 1. The molecular weight excluding hydrogens is 383 g/mol. The van der Waals surface area contributed by atoms with Gasteiger partial charge in [-0.2, -0.15) is 0 Å². The number of aromatic amines is 1. The van der Waals surface area contributed by atoms with Gasteiger partial charge in [0.25, 0.3) is 5.91 Å². The maximum Gasteiger partial charge on any atom is 0.257 e. The molecule has 2 heterocycles. The Kier molecular flexibility index (Phi) is 4.44. The van der Waals surface area contributed by atoms with Crippen LogP contribution < -0.4 is 10.9 Å². The first-order valence-corrected chi connectivity index (χ1v) is 8.75. The van der Waals surface area contributed by atoms with Gasteiger partial charge in [-0.3, -0.25) is 9.59 Å². The number of hydrogen-bond donors (Lipinski definition) is 2. The van der Waals surface area contributed by atoms with E-state index in [1.807, 2.05) is 12.1 Å². The molecule has 2 N–H and O–H groups in total. The fraction of sp³-hybridized carbons (Fsp3) is 0.0500. The van der Waals surface area contributed by atoms with Crippen LogP contribution in [0.1, 0.15) is 15.9 Å². The lowest BCUT2D eigenvalue weighted by Gasteiger charge is -2.07. The molecule has 0 saturated heterocycles. The maximum absolute atomic E-state index is 13.5. The highest BCUT2D eigenvalue weighted by molar-refractivity contribution is 6.32. The molecule has 0 atom stereocenters. The third-order valence-electron chi connectivity index (χ3n) is 4.28. The third kappa shape index (κ3) is 3.27. The fourth-order valence-corrected chi connectivity index (χ4v) is 3.16. The Balaban J connectivity index is 1.71. The molecule has 0 aliphatic heterocycles. The lowest BCUT2D eigenvalue weighted by Crippen LogP contribution is -2.17. The first-order chi connectivity index (χ1) is 13.4. The standard InChI is InChI=1S/C20H14ClFN4O2/c1-11-10-26(17-5-3-2-4-15(17)21)25-19(11)24-20(28)14-9-18(27)23-16-8-12(22)6-7-13(14)16/h2-10H,1H3,(H,23,27)(H,24,25,28). The van der Waals surface area contributed by atoms with Crippen molar-refractivity contribution in [3.8, 4) is 5.69 Å². The van der Waals surface area contributed by atoms with Crippen molar-refractivity contribution in [1.29, 1.82) is 0 Å². The van der Waals surface area contributed by atoms with Gasteiger partial charge in [0.2, 0.25) is 5.56 Å². The quantitative estimate of drug-likeness (QED) is 0.548. The molecule has 4 aromatic rings. The highest BCUT2D eigenvalue weighted by Gasteiger charge is 2.16. The van der Waals surface area contributed by atoms with E-state index in [2.05, 4.69) is 15.4 Å². The van der Waals surface area contributed by atoms with Crippen molar-refractivity contribution < 1.29 is 9.18 Å². The van der Waals surface area contributed by atoms with Crippen LogP contribution in [0.3, 0.4) is 0 Å². The summed E-state index contributed by atoms with van der Waals surface area (Å²) in [4.78, 5) is 27.2. The molecule has 0 unspecified atom stereocenters. The van der Waals surface area contributed by atoms with Gasteiger partial charge in [-0.05, 0) is 37.3 Å². The minimum atomic E-state index is -0.518. The summed E-state index contributed by atoms with van der Waals surface area (Å²) in [6.07, 6.45) is 1.74. The van der Waals surface area contributed by atoms with Gasteiger partial charge in [-0.1, -0.05) is 23.7 Å². The van der Waals surface area contributed by atoms with Gasteiger partial charge >= 0.3 is 0 Å². The molecule has 4 rings (SSSR count). The smallest absolute Gasteiger partial charge is 0.257 e. The molecule has 1 amide bonds. The van der Waals surface area contributed by atoms with Crippen LogP contribution in [-0.4, -0.2) is 20.7 Å². The predicted octanol–water partition coefficient (Wildman–Crippen LogP) is 4.07. The van der Waals surface area contributed by atoms with E-state index < -0.39 is 17.3 Å². The lowest BCUT2D eigenvalue weighted by atomic mass is 10.1. The van der Waals surface area contributed by atoms with Crippen LogP contribution in [0, 0.1) is 12.7 Å². The normalized spacial score (nSPS) is 11.0. The number of carbonyl (C=O) groups is 1. The predicted molar refractivity (Wildman–Crippen MR) is 106 cm³/mol. The summed E-state index contributed by atoms with van der Waals surface area (Å²) >= 11 is 6.20. The number of benzene rings is 2. The van der Waals surface area contributed by atoms with Gasteiger partial charge in [0.05, 0.1) is 21.8 Å². The summed E-state index contributed by atoms with van der Waals surface area (Å²) in [5, 5.41) is 8.04. The van der Waals surface area contributed by atoms with E-state index in [1.165, 1.54) is 24.3 Å². The van der Waals surface area contributed by atoms with E-state index in [9.17, 15) is 14.0 Å². The third-order valence-corrected chi connectivity index (χ3v) is 4.60. The molecule has 0 radical (unpaired) electrons. The molecule has 0 spiro atoms. The second-order valence-corrected chi connectivity index (χ2v) is 6.66. The molecule has 2 aromatic heterocycles. The number of aryl methyl sites for hydroxylation is 1. The average Bonchev–Trinajstić information content (AvgIpc) is 3.01. The number of rotatable bonds is 3. The topological polar surface area (TPSA) is 79.8 Å². The van der Waals surface area contributed by atoms with Crippen molar-refractivity contribution in [3.63, 3.8) is 0 Å². The number of nitrogens with one attached hydrogen (secondary N) is 2. The molecule has 0 saturated carbocycles. The second kappa shape index (κ2) is 6.94. The molecule has 0 aliphatic carbocycles. The number of halogens is 2. The van der Waals surface area contributed by atoms with E-state index in [1.54, 1.807) is 29.9 Å². The van der Waals surface area contributed by atoms with Gasteiger partial charge in [0, 0.05) is 23.2 Å². The van der Waals surface area contributed by atoms with E-state index in [0.717, 1.165) is 0 Å². The Labute approximate surface area is 163 Å². The van der Waals surface area contributed by atoms with Crippen LogP contribution in [0.15, 0.2) is 59.5 Å². The van der Waals surface area contributed by atoms with Crippen molar-refractivity contribution in [2.24, 2.45) is 0 Å². The average molecular weight is 397 g/mol. The summed E-state index contributed by atoms with van der Waals surface area (Å²) in [5.41, 5.74) is 1.27. The minimum absolute atomic E-state index is 0.130. The largest absolute Gasteiger partial charge is 0.322 e. The number of nitrogens with zero attached hydrogens (tertiary/aromatic N) is 2. The van der Waals surface area contributed by atoms with Gasteiger partial charge in [-0.15, -0.1) is 5.10 Å². The van der Waals surface area contributed by atoms with Crippen molar-refractivity contribution in [3.05, 3.63) is 87.0 Å². The molecule has 8 heteroatoms. The fourth-order valence-electron chi connectivity index (χ4n) is 2.94. The van der Waals surface area contributed by atoms with E-state index in [0.29, 0.717) is 27.5 Å². The first-order valence-electron chi connectivity index (χ1n) is 8.37. The monoisotopic (exact) mass is 396 g/mol. The zero-order valence-corrected chi connectivity index (χ0v) is 15.4. The number of carbonyl (C=O) groups excluding carboxylic acids is 1. The molecule has 0 bridgehead atoms. The maximum atomic E-state index is 13.5. The zero-order valence-electron chi connectivity index (χ0n) is 14.7. The number of para-hydroxylation sites is 1. The van der Waals surface area contributed by atoms with Gasteiger partial charge in [0.1, 0.15) is 5.82 Å². The van der Waals surface area contributed by atoms with Gasteiger partial charge < -0.3 is 10.3 Å². The molecule has 2 aromatic carbocycles. The highest BCUT2D eigenvalue weighted by atomic mass is 35.5.